The smallest absolute Gasteiger partial charge is 0.270 e. The lowest BCUT2D eigenvalue weighted by atomic mass is 10.2. The van der Waals surface area contributed by atoms with Gasteiger partial charge >= 0.3 is 0 Å². The molecule has 3 heterocycles. The van der Waals surface area contributed by atoms with Crippen molar-refractivity contribution in [3.63, 3.8) is 0 Å². The van der Waals surface area contributed by atoms with Crippen LogP contribution in [-0.2, 0) is 7.05 Å². The molecule has 3 rings (SSSR count). The van der Waals surface area contributed by atoms with Gasteiger partial charge < -0.3 is 13.9 Å². The van der Waals surface area contributed by atoms with Crippen LogP contribution in [0.5, 0.6) is 0 Å². The molecule has 102 valence electrons. The van der Waals surface area contributed by atoms with Crippen molar-refractivity contribution in [2.24, 2.45) is 7.05 Å². The van der Waals surface area contributed by atoms with Crippen molar-refractivity contribution >= 4 is 32.9 Å². The fourth-order valence-electron chi connectivity index (χ4n) is 2.72. The molecule has 2 aromatic heterocycles. The van der Waals surface area contributed by atoms with Gasteiger partial charge in [0.2, 0.25) is 0 Å². The quantitative estimate of drug-likeness (QED) is 0.804. The van der Waals surface area contributed by atoms with Gasteiger partial charge in [0.05, 0.1) is 5.52 Å². The van der Waals surface area contributed by atoms with Gasteiger partial charge in [-0.05, 0) is 28.8 Å². The number of amides is 1. The van der Waals surface area contributed by atoms with Crippen molar-refractivity contribution in [3.05, 3.63) is 22.5 Å². The van der Waals surface area contributed by atoms with E-state index in [1.807, 2.05) is 28.6 Å². The summed E-state index contributed by atoms with van der Waals surface area (Å²) in [4.78, 5) is 14.5. The van der Waals surface area contributed by atoms with Gasteiger partial charge in [0.25, 0.3) is 5.91 Å². The van der Waals surface area contributed by atoms with E-state index in [0.717, 1.165) is 37.0 Å². The zero-order valence-corrected chi connectivity index (χ0v) is 12.6. The number of halogens is 1. The first-order chi connectivity index (χ1) is 9.16. The van der Waals surface area contributed by atoms with Crippen LogP contribution in [0.1, 0.15) is 36.2 Å². The predicted octanol–water partition coefficient (Wildman–Crippen LogP) is 3.55. The van der Waals surface area contributed by atoms with Gasteiger partial charge in [0.1, 0.15) is 5.69 Å². The summed E-state index contributed by atoms with van der Waals surface area (Å²) in [6.07, 6.45) is 4.67. The van der Waals surface area contributed by atoms with E-state index in [-0.39, 0.29) is 5.91 Å². The second-order valence-electron chi connectivity index (χ2n) is 5.10. The van der Waals surface area contributed by atoms with Crippen LogP contribution in [0.4, 0.5) is 0 Å². The van der Waals surface area contributed by atoms with E-state index in [9.17, 15) is 4.79 Å². The molecule has 1 aliphatic heterocycles. The molecular formula is C14H17BrN2O2. The highest BCUT2D eigenvalue weighted by Crippen LogP contribution is 2.27. The summed E-state index contributed by atoms with van der Waals surface area (Å²) in [7, 11) is 1.91. The minimum atomic E-state index is 0.118. The molecule has 0 N–H and O–H groups in total. The van der Waals surface area contributed by atoms with Crippen LogP contribution in [0.2, 0.25) is 0 Å². The van der Waals surface area contributed by atoms with Crippen LogP contribution >= 0.6 is 15.9 Å². The molecule has 0 unspecified atom stereocenters. The highest BCUT2D eigenvalue weighted by Gasteiger charge is 2.22. The SMILES string of the molecule is Cn1c(C(=O)N2CCCCCC2)cc2oc(Br)cc21. The summed E-state index contributed by atoms with van der Waals surface area (Å²) in [6.45, 7) is 1.74. The summed E-state index contributed by atoms with van der Waals surface area (Å²) in [5, 5.41) is 0. The minimum Gasteiger partial charge on any atom is -0.448 e. The number of fused-ring (bicyclic) bond motifs is 1. The molecule has 2 aromatic rings. The molecular weight excluding hydrogens is 308 g/mol. The van der Waals surface area contributed by atoms with Gasteiger partial charge in [0, 0.05) is 32.3 Å². The number of aromatic nitrogens is 1. The van der Waals surface area contributed by atoms with Gasteiger partial charge in [-0.1, -0.05) is 12.8 Å². The fourth-order valence-corrected chi connectivity index (χ4v) is 3.11. The Hall–Kier alpha value is -1.23. The lowest BCUT2D eigenvalue weighted by Crippen LogP contribution is -2.33. The molecule has 1 amide bonds. The van der Waals surface area contributed by atoms with Crippen LogP contribution < -0.4 is 0 Å². The lowest BCUT2D eigenvalue weighted by molar-refractivity contribution is 0.0752. The number of furan rings is 1. The Bertz CT molecular complexity index is 606. The Kier molecular flexibility index (Phi) is 3.39. The summed E-state index contributed by atoms with van der Waals surface area (Å²) < 4.78 is 8.13. The van der Waals surface area contributed by atoms with E-state index < -0.39 is 0 Å². The molecule has 5 heteroatoms. The van der Waals surface area contributed by atoms with E-state index >= 15 is 0 Å². The maximum atomic E-state index is 12.6. The zero-order chi connectivity index (χ0) is 13.4. The number of rotatable bonds is 1. The third-order valence-corrected chi connectivity index (χ3v) is 4.20. The molecule has 0 radical (unpaired) electrons. The summed E-state index contributed by atoms with van der Waals surface area (Å²) in [5.41, 5.74) is 2.42. The van der Waals surface area contributed by atoms with E-state index in [2.05, 4.69) is 15.9 Å². The first-order valence-corrected chi connectivity index (χ1v) is 7.50. The van der Waals surface area contributed by atoms with Crippen molar-refractivity contribution in [3.8, 4) is 0 Å². The maximum absolute atomic E-state index is 12.6. The molecule has 4 nitrogen and oxygen atoms in total. The van der Waals surface area contributed by atoms with E-state index in [4.69, 9.17) is 4.42 Å². The molecule has 1 fully saturated rings. The third kappa shape index (κ3) is 2.31. The van der Waals surface area contributed by atoms with Gasteiger partial charge in [-0.2, -0.15) is 0 Å². The Balaban J connectivity index is 1.92. The van der Waals surface area contributed by atoms with E-state index in [0.29, 0.717) is 10.4 Å². The lowest BCUT2D eigenvalue weighted by Gasteiger charge is -2.20. The Morgan fingerprint density at radius 3 is 2.53 bits per heavy atom. The number of carbonyl (C=O) groups is 1. The van der Waals surface area contributed by atoms with Gasteiger partial charge in [-0.3, -0.25) is 4.79 Å². The van der Waals surface area contributed by atoms with Crippen LogP contribution in [0, 0.1) is 0 Å². The minimum absolute atomic E-state index is 0.118. The average Bonchev–Trinajstić information content (AvgIpc) is 2.75. The number of likely N-dealkylation sites (tertiary alicyclic amines) is 1. The van der Waals surface area contributed by atoms with Gasteiger partial charge in [-0.15, -0.1) is 0 Å². The van der Waals surface area contributed by atoms with Crippen molar-refractivity contribution in [1.82, 2.24) is 9.47 Å². The molecule has 0 saturated carbocycles. The van der Waals surface area contributed by atoms with E-state index in [1.165, 1.54) is 12.8 Å². The Morgan fingerprint density at radius 2 is 1.89 bits per heavy atom. The molecule has 0 bridgehead atoms. The Labute approximate surface area is 120 Å². The molecule has 0 atom stereocenters. The van der Waals surface area contributed by atoms with Crippen molar-refractivity contribution in [2.45, 2.75) is 25.7 Å². The van der Waals surface area contributed by atoms with Crippen molar-refractivity contribution in [1.29, 1.82) is 0 Å². The number of nitrogens with zero attached hydrogens (tertiary/aromatic N) is 2. The second kappa shape index (κ2) is 5.04. The normalized spacial score (nSPS) is 16.8. The highest BCUT2D eigenvalue weighted by molar-refractivity contribution is 9.10. The van der Waals surface area contributed by atoms with Crippen molar-refractivity contribution < 1.29 is 9.21 Å². The first-order valence-electron chi connectivity index (χ1n) is 6.71. The molecule has 0 aromatic carbocycles. The van der Waals surface area contributed by atoms with Gasteiger partial charge in [-0.25, -0.2) is 0 Å². The number of aryl methyl sites for hydroxylation is 1. The molecule has 0 spiro atoms. The first kappa shape index (κ1) is 12.8. The Morgan fingerprint density at radius 1 is 1.21 bits per heavy atom. The predicted molar refractivity (Wildman–Crippen MR) is 77.3 cm³/mol. The van der Waals surface area contributed by atoms with E-state index in [1.54, 1.807) is 0 Å². The molecule has 0 aliphatic carbocycles. The average molecular weight is 325 g/mol. The van der Waals surface area contributed by atoms with Crippen LogP contribution in [0.25, 0.3) is 11.1 Å². The molecule has 1 aliphatic rings. The second-order valence-corrected chi connectivity index (χ2v) is 5.88. The summed E-state index contributed by atoms with van der Waals surface area (Å²) >= 11 is 3.31. The summed E-state index contributed by atoms with van der Waals surface area (Å²) in [5.74, 6) is 0.118. The topological polar surface area (TPSA) is 38.4 Å². The monoisotopic (exact) mass is 324 g/mol. The third-order valence-electron chi connectivity index (χ3n) is 3.81. The van der Waals surface area contributed by atoms with Gasteiger partial charge in [0.15, 0.2) is 10.3 Å². The molecule has 1 saturated heterocycles. The van der Waals surface area contributed by atoms with Crippen molar-refractivity contribution in [2.75, 3.05) is 13.1 Å². The van der Waals surface area contributed by atoms with Crippen LogP contribution in [0.15, 0.2) is 21.2 Å². The molecule has 19 heavy (non-hydrogen) atoms. The van der Waals surface area contributed by atoms with Crippen LogP contribution in [-0.4, -0.2) is 28.5 Å². The summed E-state index contributed by atoms with van der Waals surface area (Å²) in [6, 6.07) is 3.74. The fraction of sp³-hybridized carbons (Fsp3) is 0.500. The number of hydrogen-bond donors (Lipinski definition) is 0. The largest absolute Gasteiger partial charge is 0.448 e. The number of hydrogen-bond acceptors (Lipinski definition) is 2. The standard InChI is InChI=1S/C14H17BrN2O2/c1-16-10-9-13(15)19-12(10)8-11(16)14(18)17-6-4-2-3-5-7-17/h8-9H,2-7H2,1H3. The zero-order valence-electron chi connectivity index (χ0n) is 11.0. The number of carbonyl (C=O) groups excluding carboxylic acids is 1. The maximum Gasteiger partial charge on any atom is 0.270 e. The highest BCUT2D eigenvalue weighted by atomic mass is 79.9. The van der Waals surface area contributed by atoms with Crippen LogP contribution in [0.3, 0.4) is 0 Å².